The Morgan fingerprint density at radius 2 is 1.91 bits per heavy atom. The van der Waals surface area contributed by atoms with Crippen molar-refractivity contribution in [1.29, 1.82) is 0 Å². The molecular weight excluding hydrogens is 458 g/mol. The Morgan fingerprint density at radius 1 is 1.17 bits per heavy atom. The van der Waals surface area contributed by atoms with Gasteiger partial charge in [0.15, 0.2) is 0 Å². The maximum Gasteiger partial charge on any atom is 0.387 e. The van der Waals surface area contributed by atoms with E-state index in [4.69, 9.17) is 4.98 Å². The fourth-order valence-electron chi connectivity index (χ4n) is 4.31. The van der Waals surface area contributed by atoms with Gasteiger partial charge in [-0.05, 0) is 38.0 Å². The summed E-state index contributed by atoms with van der Waals surface area (Å²) < 4.78 is 29.5. The number of benzene rings is 1. The normalized spacial score (nSPS) is 15.7. The molecule has 2 aliphatic heterocycles. The minimum Gasteiger partial charge on any atom is -0.435 e. The number of fused-ring (bicyclic) bond motifs is 1. The Kier molecular flexibility index (Phi) is 7.32. The first-order chi connectivity index (χ1) is 16.7. The van der Waals surface area contributed by atoms with Crippen LogP contribution >= 0.6 is 0 Å². The van der Waals surface area contributed by atoms with E-state index in [0.29, 0.717) is 63.1 Å². The summed E-state index contributed by atoms with van der Waals surface area (Å²) >= 11 is 0. The molecule has 0 radical (unpaired) electrons. The quantitative estimate of drug-likeness (QED) is 0.611. The minimum atomic E-state index is -2.87. The van der Waals surface area contributed by atoms with Gasteiger partial charge in [-0.3, -0.25) is 9.59 Å². The monoisotopic (exact) mass is 488 g/mol. The number of piperazine rings is 1. The number of ether oxygens (including phenoxy) is 1. The largest absolute Gasteiger partial charge is 0.435 e. The van der Waals surface area contributed by atoms with Gasteiger partial charge >= 0.3 is 6.61 Å². The van der Waals surface area contributed by atoms with Gasteiger partial charge in [-0.2, -0.15) is 13.8 Å². The lowest BCUT2D eigenvalue weighted by atomic mass is 10.1. The number of hydrogen-bond donors (Lipinski definition) is 1. The molecule has 0 spiro atoms. The topological polar surface area (TPSA) is 90.9 Å². The lowest BCUT2D eigenvalue weighted by molar-refractivity contribution is -0.129. The third-order valence-electron chi connectivity index (χ3n) is 6.25. The Morgan fingerprint density at radius 3 is 2.57 bits per heavy atom. The van der Waals surface area contributed by atoms with E-state index in [9.17, 15) is 18.4 Å². The first-order valence-electron chi connectivity index (χ1n) is 11.7. The Labute approximate surface area is 203 Å². The van der Waals surface area contributed by atoms with E-state index in [1.807, 2.05) is 24.8 Å². The van der Waals surface area contributed by atoms with Gasteiger partial charge in [-0.15, -0.1) is 0 Å². The van der Waals surface area contributed by atoms with Crippen molar-refractivity contribution < 1.29 is 23.1 Å². The van der Waals surface area contributed by atoms with Gasteiger partial charge in [-0.1, -0.05) is 12.1 Å². The van der Waals surface area contributed by atoms with Crippen molar-refractivity contribution >= 4 is 23.6 Å². The minimum absolute atomic E-state index is 0.0182. The zero-order chi connectivity index (χ0) is 25.1. The van der Waals surface area contributed by atoms with Crippen LogP contribution in [-0.2, 0) is 17.8 Å². The van der Waals surface area contributed by atoms with Crippen LogP contribution < -0.4 is 15.0 Å². The number of alkyl halides is 2. The number of carbonyl (C=O) groups is 2. The molecule has 1 aromatic heterocycles. The number of aromatic nitrogens is 2. The molecule has 0 aliphatic carbocycles. The number of carbonyl (C=O) groups excluding carboxylic acids is 2. The second kappa shape index (κ2) is 10.4. The van der Waals surface area contributed by atoms with Crippen molar-refractivity contribution in [2.24, 2.45) is 0 Å². The smallest absolute Gasteiger partial charge is 0.387 e. The molecule has 35 heavy (non-hydrogen) atoms. The molecule has 4 rings (SSSR count). The number of rotatable bonds is 8. The lowest BCUT2D eigenvalue weighted by Crippen LogP contribution is -2.48. The molecule has 2 aliphatic rings. The highest BCUT2D eigenvalue weighted by Crippen LogP contribution is 2.30. The second-order valence-electron chi connectivity index (χ2n) is 8.92. The summed E-state index contributed by atoms with van der Waals surface area (Å²) in [4.78, 5) is 39.6. The van der Waals surface area contributed by atoms with Crippen molar-refractivity contribution in [1.82, 2.24) is 19.8 Å². The van der Waals surface area contributed by atoms with Crippen LogP contribution in [0.1, 0.15) is 42.4 Å². The van der Waals surface area contributed by atoms with Crippen LogP contribution in [0.3, 0.4) is 0 Å². The van der Waals surface area contributed by atoms with E-state index in [2.05, 4.69) is 15.0 Å². The number of nitrogens with zero attached hydrogens (tertiary/aromatic N) is 5. The van der Waals surface area contributed by atoms with Gasteiger partial charge in [-0.25, -0.2) is 4.98 Å². The summed E-state index contributed by atoms with van der Waals surface area (Å²) in [5, 5.41) is 3.33. The van der Waals surface area contributed by atoms with Gasteiger partial charge in [0.05, 0.1) is 6.54 Å². The first kappa shape index (κ1) is 24.6. The molecule has 3 heterocycles. The zero-order valence-electron chi connectivity index (χ0n) is 20.1. The summed E-state index contributed by atoms with van der Waals surface area (Å²) in [5.74, 6) is 1.08. The Balaban J connectivity index is 1.53. The zero-order valence-corrected chi connectivity index (χ0v) is 20.1. The average molecular weight is 489 g/mol. The Bertz CT molecular complexity index is 1090. The molecule has 9 nitrogen and oxygen atoms in total. The van der Waals surface area contributed by atoms with Crippen molar-refractivity contribution in [3.05, 3.63) is 41.1 Å². The van der Waals surface area contributed by atoms with Crippen LogP contribution in [-0.4, -0.2) is 77.0 Å². The highest BCUT2D eigenvalue weighted by Gasteiger charge is 2.35. The molecule has 11 heteroatoms. The molecule has 0 bridgehead atoms. The second-order valence-corrected chi connectivity index (χ2v) is 8.92. The molecule has 2 aromatic rings. The Hall–Kier alpha value is -3.50. The SMILES string of the molecule is CC(=O)N1CCN(c2nc(NCCc3cccc(OC(F)F)c3)c3c(n2)C(=O)N(C(C)C)C3)CC1. The summed E-state index contributed by atoms with van der Waals surface area (Å²) in [7, 11) is 0. The van der Waals surface area contributed by atoms with E-state index < -0.39 is 6.61 Å². The van der Waals surface area contributed by atoms with Crippen LogP contribution in [0, 0.1) is 0 Å². The van der Waals surface area contributed by atoms with Crippen LogP contribution in [0.2, 0.25) is 0 Å². The summed E-state index contributed by atoms with van der Waals surface area (Å²) in [6, 6.07) is 6.61. The number of amides is 2. The molecule has 1 fully saturated rings. The highest BCUT2D eigenvalue weighted by atomic mass is 19.3. The molecule has 2 amide bonds. The van der Waals surface area contributed by atoms with Crippen LogP contribution in [0.15, 0.2) is 24.3 Å². The molecule has 1 saturated heterocycles. The molecule has 188 valence electrons. The van der Waals surface area contributed by atoms with E-state index in [1.54, 1.807) is 28.9 Å². The number of halogens is 2. The summed E-state index contributed by atoms with van der Waals surface area (Å²) in [5.41, 5.74) is 1.99. The lowest BCUT2D eigenvalue weighted by Gasteiger charge is -2.34. The van der Waals surface area contributed by atoms with E-state index >= 15 is 0 Å². The standard InChI is InChI=1S/C24H30F2N6O3/c1-15(2)32-14-19-20(22(32)34)28-24(31-11-9-30(10-12-31)16(3)33)29-21(19)27-8-7-17-5-4-6-18(13-17)35-23(25)26/h4-6,13,15,23H,7-12,14H2,1-3H3,(H,27,28,29). The van der Waals surface area contributed by atoms with E-state index in [0.717, 1.165) is 11.1 Å². The van der Waals surface area contributed by atoms with Gasteiger partial charge < -0.3 is 24.8 Å². The van der Waals surface area contributed by atoms with Gasteiger partial charge in [0.25, 0.3) is 5.91 Å². The van der Waals surface area contributed by atoms with Crippen LogP contribution in [0.5, 0.6) is 5.75 Å². The fourth-order valence-corrected chi connectivity index (χ4v) is 4.31. The average Bonchev–Trinajstić information content (AvgIpc) is 3.16. The van der Waals surface area contributed by atoms with E-state index in [-0.39, 0.29) is 23.6 Å². The predicted octanol–water partition coefficient (Wildman–Crippen LogP) is 2.77. The molecular formula is C24H30F2N6O3. The van der Waals surface area contributed by atoms with Crippen molar-refractivity contribution in [3.8, 4) is 5.75 Å². The number of nitrogens with one attached hydrogen (secondary N) is 1. The van der Waals surface area contributed by atoms with Crippen LogP contribution in [0.4, 0.5) is 20.5 Å². The van der Waals surface area contributed by atoms with Crippen LogP contribution in [0.25, 0.3) is 0 Å². The van der Waals surface area contributed by atoms with E-state index in [1.165, 1.54) is 6.07 Å². The van der Waals surface area contributed by atoms with Gasteiger partial charge in [0, 0.05) is 51.3 Å². The highest BCUT2D eigenvalue weighted by molar-refractivity contribution is 5.98. The maximum atomic E-state index is 13.0. The molecule has 0 atom stereocenters. The fraction of sp³-hybridized carbons (Fsp3) is 0.500. The van der Waals surface area contributed by atoms with Gasteiger partial charge in [0.2, 0.25) is 11.9 Å². The first-order valence-corrected chi connectivity index (χ1v) is 11.7. The van der Waals surface area contributed by atoms with Crippen molar-refractivity contribution in [2.45, 2.75) is 46.4 Å². The van der Waals surface area contributed by atoms with Crippen molar-refractivity contribution in [3.63, 3.8) is 0 Å². The summed E-state index contributed by atoms with van der Waals surface area (Å²) in [6.45, 7) is 5.81. The number of hydrogen-bond acceptors (Lipinski definition) is 7. The number of anilines is 2. The van der Waals surface area contributed by atoms with Gasteiger partial charge in [0.1, 0.15) is 17.3 Å². The van der Waals surface area contributed by atoms with Crippen molar-refractivity contribution in [2.75, 3.05) is 42.9 Å². The predicted molar refractivity (Wildman–Crippen MR) is 127 cm³/mol. The molecule has 1 aromatic carbocycles. The third kappa shape index (κ3) is 5.60. The summed E-state index contributed by atoms with van der Waals surface area (Å²) in [6.07, 6.45) is 0.549. The molecule has 0 saturated carbocycles. The maximum absolute atomic E-state index is 13.0. The molecule has 1 N–H and O–H groups in total. The molecule has 0 unspecified atom stereocenters. The third-order valence-corrected chi connectivity index (χ3v) is 6.25.